The minimum atomic E-state index is -1.71. The van der Waals surface area contributed by atoms with Crippen molar-refractivity contribution >= 4 is 23.5 Å². The highest BCUT2D eigenvalue weighted by Gasteiger charge is 2.45. The van der Waals surface area contributed by atoms with Crippen LogP contribution in [0.25, 0.3) is 0 Å². The number of aromatic nitrogens is 2. The number of nitrogens with one attached hydrogen (secondary N) is 1. The summed E-state index contributed by atoms with van der Waals surface area (Å²) in [5.74, 6) is -0.720. The highest BCUT2D eigenvalue weighted by Crippen LogP contribution is 2.53. The van der Waals surface area contributed by atoms with Gasteiger partial charge in [0, 0.05) is 62.9 Å². The van der Waals surface area contributed by atoms with Crippen LogP contribution in [0.4, 0.5) is 14.7 Å². The molecule has 0 bridgehead atoms. The van der Waals surface area contributed by atoms with Crippen molar-refractivity contribution in [3.05, 3.63) is 46.7 Å². The van der Waals surface area contributed by atoms with Gasteiger partial charge in [0.2, 0.25) is 11.9 Å². The van der Waals surface area contributed by atoms with Crippen LogP contribution < -0.4 is 15.0 Å². The number of aliphatic hydroxyl groups is 5. The normalized spacial score (nSPS) is 20.8. The number of likely N-dealkylation sites (tertiary alicyclic amines) is 1. The Bertz CT molecular complexity index is 1320. The molecule has 2 aliphatic heterocycles. The summed E-state index contributed by atoms with van der Waals surface area (Å²) in [4.78, 5) is 25.0. The quantitative estimate of drug-likeness (QED) is 0.158. The van der Waals surface area contributed by atoms with Crippen molar-refractivity contribution in [2.24, 2.45) is 17.3 Å². The number of anilines is 1. The van der Waals surface area contributed by atoms with Gasteiger partial charge in [0.05, 0.1) is 43.2 Å². The van der Waals surface area contributed by atoms with Crippen molar-refractivity contribution in [3.8, 4) is 5.75 Å². The Kier molecular flexibility index (Phi) is 11.9. The molecule has 0 radical (unpaired) electrons. The summed E-state index contributed by atoms with van der Waals surface area (Å²) in [6, 6.07) is 2.25. The molecule has 3 fully saturated rings. The van der Waals surface area contributed by atoms with Crippen LogP contribution in [0, 0.1) is 28.9 Å². The van der Waals surface area contributed by atoms with E-state index in [0.717, 1.165) is 57.3 Å². The smallest absolute Gasteiger partial charge is 0.227 e. The largest absolute Gasteiger partial charge is 0.493 e. The highest BCUT2D eigenvalue weighted by atomic mass is 35.5. The van der Waals surface area contributed by atoms with Crippen LogP contribution in [0.15, 0.2) is 24.5 Å². The van der Waals surface area contributed by atoms with Crippen LogP contribution in [0.3, 0.4) is 0 Å². The van der Waals surface area contributed by atoms with Crippen LogP contribution in [-0.2, 0) is 11.2 Å². The summed E-state index contributed by atoms with van der Waals surface area (Å²) in [5.41, 5.74) is 0.0244. The lowest BCUT2D eigenvalue weighted by molar-refractivity contribution is -0.136. The topological polar surface area (TPSA) is 172 Å². The van der Waals surface area contributed by atoms with Crippen molar-refractivity contribution < 1.29 is 43.8 Å². The van der Waals surface area contributed by atoms with Crippen LogP contribution in [0.1, 0.15) is 37.7 Å². The standard InChI is InChI=1S/C32H44ClF2N5O7/c33-21-13-37-31(38-14-21)39-4-2-32(3-5-39)10-19(11-32)1-6-47-22-7-24(34)23(25(35)8-22)9-28(44)40-16-20(17-40)12-36-15-26(42)29(45)30(46)27(43)18-41/h7-8,13-14,19-20,26-27,29-30,36,41-43,45-46H,1-6,9-12,15-18H2. The van der Waals surface area contributed by atoms with Gasteiger partial charge in [-0.2, -0.15) is 0 Å². The number of aliphatic hydroxyl groups excluding tert-OH is 5. The average molecular weight is 684 g/mol. The van der Waals surface area contributed by atoms with Crippen molar-refractivity contribution in [1.82, 2.24) is 20.2 Å². The molecule has 1 aromatic heterocycles. The Morgan fingerprint density at radius 3 is 2.26 bits per heavy atom. The van der Waals surface area contributed by atoms with E-state index in [1.807, 2.05) is 0 Å². The molecule has 3 aliphatic rings. The Morgan fingerprint density at radius 1 is 1.02 bits per heavy atom. The van der Waals surface area contributed by atoms with Crippen molar-refractivity contribution in [2.75, 3.05) is 57.4 Å². The Balaban J connectivity index is 0.970. The molecule has 1 aromatic carbocycles. The summed E-state index contributed by atoms with van der Waals surface area (Å²) in [7, 11) is 0. The van der Waals surface area contributed by atoms with Crippen LogP contribution in [0.2, 0.25) is 5.02 Å². The lowest BCUT2D eigenvalue weighted by atomic mass is 9.57. The van der Waals surface area contributed by atoms with Gasteiger partial charge in [0.15, 0.2) is 0 Å². The third kappa shape index (κ3) is 8.85. The number of benzene rings is 1. The number of amides is 1. The molecule has 2 aromatic rings. The second kappa shape index (κ2) is 15.7. The number of nitrogens with zero attached hydrogens (tertiary/aromatic N) is 4. The van der Waals surface area contributed by atoms with Gasteiger partial charge in [0.25, 0.3) is 0 Å². The van der Waals surface area contributed by atoms with Gasteiger partial charge < -0.3 is 45.4 Å². The molecule has 1 saturated carbocycles. The summed E-state index contributed by atoms with van der Waals surface area (Å²) < 4.78 is 35.4. The zero-order valence-electron chi connectivity index (χ0n) is 26.1. The number of carbonyl (C=O) groups is 1. The van der Waals surface area contributed by atoms with Crippen molar-refractivity contribution in [2.45, 2.75) is 62.9 Å². The summed E-state index contributed by atoms with van der Waals surface area (Å²) in [5, 5.41) is 51.2. The maximum Gasteiger partial charge on any atom is 0.227 e. The van der Waals surface area contributed by atoms with Gasteiger partial charge in [-0.15, -0.1) is 0 Å². The fraction of sp³-hybridized carbons (Fsp3) is 0.656. The molecule has 47 heavy (non-hydrogen) atoms. The van der Waals surface area contributed by atoms with Gasteiger partial charge in [-0.05, 0) is 43.4 Å². The average Bonchev–Trinajstić information content (AvgIpc) is 3.02. The van der Waals surface area contributed by atoms with E-state index >= 15 is 0 Å². The van der Waals surface area contributed by atoms with Gasteiger partial charge >= 0.3 is 0 Å². The van der Waals surface area contributed by atoms with Crippen LogP contribution in [0.5, 0.6) is 5.75 Å². The number of hydrogen-bond acceptors (Lipinski definition) is 11. The molecule has 4 atom stereocenters. The monoisotopic (exact) mass is 683 g/mol. The number of carbonyl (C=O) groups excluding carboxylic acids is 1. The molecule has 1 aliphatic carbocycles. The molecule has 260 valence electrons. The molecule has 15 heteroatoms. The molecule has 12 nitrogen and oxygen atoms in total. The molecule has 5 rings (SSSR count). The molecule has 1 spiro atoms. The number of ether oxygens (including phenoxy) is 1. The minimum Gasteiger partial charge on any atom is -0.493 e. The predicted octanol–water partition coefficient (Wildman–Crippen LogP) is 0.900. The molecule has 4 unspecified atom stereocenters. The first-order chi connectivity index (χ1) is 22.5. The molecule has 2 saturated heterocycles. The summed E-state index contributed by atoms with van der Waals surface area (Å²) >= 11 is 5.89. The Morgan fingerprint density at radius 2 is 1.64 bits per heavy atom. The van der Waals surface area contributed by atoms with E-state index in [1.165, 1.54) is 4.90 Å². The van der Waals surface area contributed by atoms with E-state index in [0.29, 0.717) is 48.5 Å². The molecule has 3 heterocycles. The maximum absolute atomic E-state index is 14.8. The van der Waals surface area contributed by atoms with Crippen molar-refractivity contribution in [3.63, 3.8) is 0 Å². The van der Waals surface area contributed by atoms with Crippen LogP contribution >= 0.6 is 11.6 Å². The fourth-order valence-electron chi connectivity index (χ4n) is 6.89. The van der Waals surface area contributed by atoms with E-state index in [1.54, 1.807) is 12.4 Å². The minimum absolute atomic E-state index is 0.0315. The number of piperidine rings is 1. The van der Waals surface area contributed by atoms with E-state index in [9.17, 15) is 34.0 Å². The molecular weight excluding hydrogens is 640 g/mol. The van der Waals surface area contributed by atoms with E-state index in [-0.39, 0.29) is 23.8 Å². The lowest BCUT2D eigenvalue weighted by Gasteiger charge is -2.52. The molecule has 6 N–H and O–H groups in total. The Labute approximate surface area is 277 Å². The van der Waals surface area contributed by atoms with E-state index < -0.39 is 55.0 Å². The number of hydrogen-bond donors (Lipinski definition) is 6. The number of rotatable bonds is 15. The second-order valence-electron chi connectivity index (χ2n) is 13.3. The maximum atomic E-state index is 14.8. The first-order valence-electron chi connectivity index (χ1n) is 16.1. The molecular formula is C32H44ClF2N5O7. The van der Waals surface area contributed by atoms with Gasteiger partial charge in [-0.1, -0.05) is 11.6 Å². The lowest BCUT2D eigenvalue weighted by Crippen LogP contribution is -2.55. The first kappa shape index (κ1) is 35.6. The number of halogens is 3. The van der Waals surface area contributed by atoms with E-state index in [2.05, 4.69) is 20.2 Å². The van der Waals surface area contributed by atoms with Gasteiger partial charge in [-0.3, -0.25) is 4.79 Å². The Hall–Kier alpha value is -2.72. The fourth-order valence-corrected chi connectivity index (χ4v) is 6.99. The van der Waals surface area contributed by atoms with Gasteiger partial charge in [0.1, 0.15) is 35.7 Å². The van der Waals surface area contributed by atoms with Crippen molar-refractivity contribution in [1.29, 1.82) is 0 Å². The van der Waals surface area contributed by atoms with E-state index in [4.69, 9.17) is 21.4 Å². The zero-order valence-corrected chi connectivity index (χ0v) is 26.9. The second-order valence-corrected chi connectivity index (χ2v) is 13.7. The summed E-state index contributed by atoms with van der Waals surface area (Å²) in [6.07, 6.45) is 1.62. The highest BCUT2D eigenvalue weighted by molar-refractivity contribution is 6.30. The third-order valence-electron chi connectivity index (χ3n) is 9.82. The first-order valence-corrected chi connectivity index (χ1v) is 16.5. The predicted molar refractivity (Wildman–Crippen MR) is 168 cm³/mol. The van der Waals surface area contributed by atoms with Gasteiger partial charge in [-0.25, -0.2) is 18.7 Å². The molecule has 1 amide bonds. The third-order valence-corrected chi connectivity index (χ3v) is 10.0. The zero-order chi connectivity index (χ0) is 33.7. The van der Waals surface area contributed by atoms with Crippen LogP contribution in [-0.4, -0.2) is 123 Å². The summed E-state index contributed by atoms with van der Waals surface area (Å²) in [6.45, 7) is 2.41. The SMILES string of the molecule is O=C(Cc1c(F)cc(OCCC2CC3(CCN(c4ncc(Cl)cn4)CC3)C2)cc1F)N1CC(CNCC(O)C(O)C(O)C(O)CO)C1.